The molecule has 0 aliphatic heterocycles. The van der Waals surface area contributed by atoms with Crippen LogP contribution in [0.15, 0.2) is 35.3 Å². The van der Waals surface area contributed by atoms with E-state index in [4.69, 9.17) is 4.74 Å². The van der Waals surface area contributed by atoms with Gasteiger partial charge in [-0.15, -0.1) is 34.2 Å². The molecule has 0 fully saturated rings. The molecule has 1 unspecified atom stereocenters. The van der Waals surface area contributed by atoms with Crippen molar-refractivity contribution in [2.24, 2.45) is 12.0 Å². The number of ether oxygens (including phenoxy) is 1. The number of guanidine groups is 1. The SMILES string of the molecule is COCC(C)NC(=NCc1ccccc1)NCc1nnc(C)n1C.I. The third kappa shape index (κ3) is 6.99. The first-order chi connectivity index (χ1) is 11.6. The molecule has 2 rings (SSSR count). The minimum absolute atomic E-state index is 0. The Morgan fingerprint density at radius 1 is 1.28 bits per heavy atom. The van der Waals surface area contributed by atoms with Crippen molar-refractivity contribution >= 4 is 29.9 Å². The van der Waals surface area contributed by atoms with Gasteiger partial charge in [-0.25, -0.2) is 4.99 Å². The minimum atomic E-state index is 0. The highest BCUT2D eigenvalue weighted by Crippen LogP contribution is 2.01. The van der Waals surface area contributed by atoms with E-state index < -0.39 is 0 Å². The van der Waals surface area contributed by atoms with Gasteiger partial charge in [0, 0.05) is 20.2 Å². The summed E-state index contributed by atoms with van der Waals surface area (Å²) in [6.07, 6.45) is 0. The molecule has 25 heavy (non-hydrogen) atoms. The van der Waals surface area contributed by atoms with E-state index in [9.17, 15) is 0 Å². The summed E-state index contributed by atoms with van der Waals surface area (Å²) in [5.41, 5.74) is 1.16. The van der Waals surface area contributed by atoms with Gasteiger partial charge in [-0.3, -0.25) is 0 Å². The highest BCUT2D eigenvalue weighted by Gasteiger charge is 2.08. The summed E-state index contributed by atoms with van der Waals surface area (Å²) in [5.74, 6) is 2.47. The zero-order valence-corrected chi connectivity index (χ0v) is 17.5. The number of hydrogen-bond acceptors (Lipinski definition) is 4. The summed E-state index contributed by atoms with van der Waals surface area (Å²) in [4.78, 5) is 4.65. The second-order valence-electron chi connectivity index (χ2n) is 5.73. The van der Waals surface area contributed by atoms with E-state index in [2.05, 4.69) is 44.9 Å². The van der Waals surface area contributed by atoms with Gasteiger partial charge >= 0.3 is 0 Å². The van der Waals surface area contributed by atoms with Gasteiger partial charge in [-0.05, 0) is 19.4 Å². The smallest absolute Gasteiger partial charge is 0.192 e. The molecule has 0 saturated carbocycles. The molecule has 0 aliphatic carbocycles. The number of aromatic nitrogens is 3. The van der Waals surface area contributed by atoms with E-state index in [1.165, 1.54) is 0 Å². The van der Waals surface area contributed by atoms with Crippen LogP contribution in [0.5, 0.6) is 0 Å². The molecule has 1 aromatic carbocycles. The first-order valence-corrected chi connectivity index (χ1v) is 8.02. The molecule has 0 amide bonds. The number of nitrogens with zero attached hydrogens (tertiary/aromatic N) is 4. The fourth-order valence-corrected chi connectivity index (χ4v) is 2.20. The number of aryl methyl sites for hydroxylation is 1. The predicted molar refractivity (Wildman–Crippen MR) is 110 cm³/mol. The lowest BCUT2D eigenvalue weighted by Crippen LogP contribution is -2.44. The molecule has 1 aromatic heterocycles. The van der Waals surface area contributed by atoms with Crippen LogP contribution in [0.1, 0.15) is 24.1 Å². The van der Waals surface area contributed by atoms with E-state index in [0.29, 0.717) is 19.7 Å². The molecule has 1 atom stereocenters. The van der Waals surface area contributed by atoms with Crippen molar-refractivity contribution in [3.63, 3.8) is 0 Å². The molecule has 2 N–H and O–H groups in total. The molecule has 0 radical (unpaired) electrons. The van der Waals surface area contributed by atoms with Gasteiger partial charge in [-0.1, -0.05) is 30.3 Å². The second-order valence-corrected chi connectivity index (χ2v) is 5.73. The molecule has 0 aliphatic rings. The maximum absolute atomic E-state index is 5.18. The fourth-order valence-electron chi connectivity index (χ4n) is 2.20. The van der Waals surface area contributed by atoms with Crippen molar-refractivity contribution in [1.82, 2.24) is 25.4 Å². The normalized spacial score (nSPS) is 12.4. The summed E-state index contributed by atoms with van der Waals surface area (Å²) >= 11 is 0. The molecule has 7 nitrogen and oxygen atoms in total. The van der Waals surface area contributed by atoms with E-state index in [0.717, 1.165) is 23.2 Å². The minimum Gasteiger partial charge on any atom is -0.383 e. The quantitative estimate of drug-likeness (QED) is 0.377. The summed E-state index contributed by atoms with van der Waals surface area (Å²) in [6.45, 7) is 5.75. The van der Waals surface area contributed by atoms with Crippen LogP contribution >= 0.6 is 24.0 Å². The first-order valence-electron chi connectivity index (χ1n) is 8.02. The molecule has 1 heterocycles. The van der Waals surface area contributed by atoms with Crippen molar-refractivity contribution in [1.29, 1.82) is 0 Å². The maximum Gasteiger partial charge on any atom is 0.192 e. The Hall–Kier alpha value is -1.68. The number of aliphatic imine (C=N–C) groups is 1. The zero-order chi connectivity index (χ0) is 17.4. The molecular weight excluding hydrogens is 431 g/mol. The van der Waals surface area contributed by atoms with Gasteiger partial charge in [0.2, 0.25) is 0 Å². The number of hydrogen-bond donors (Lipinski definition) is 2. The highest BCUT2D eigenvalue weighted by atomic mass is 127. The van der Waals surface area contributed by atoms with E-state index in [1.54, 1.807) is 7.11 Å². The third-order valence-corrected chi connectivity index (χ3v) is 3.66. The summed E-state index contributed by atoms with van der Waals surface area (Å²) in [6, 6.07) is 10.3. The van der Waals surface area contributed by atoms with Crippen molar-refractivity contribution < 1.29 is 4.74 Å². The Balaban J connectivity index is 0.00000312. The Labute approximate surface area is 166 Å². The van der Waals surface area contributed by atoms with Crippen LogP contribution in [0.25, 0.3) is 0 Å². The van der Waals surface area contributed by atoms with Gasteiger partial charge in [0.05, 0.1) is 19.7 Å². The first kappa shape index (κ1) is 21.4. The molecule has 0 saturated heterocycles. The van der Waals surface area contributed by atoms with Gasteiger partial charge in [0.1, 0.15) is 5.82 Å². The van der Waals surface area contributed by atoms with E-state index in [1.807, 2.05) is 36.7 Å². The largest absolute Gasteiger partial charge is 0.383 e. The summed E-state index contributed by atoms with van der Waals surface area (Å²) < 4.78 is 7.14. The molecule has 0 spiro atoms. The molecular formula is C17H27IN6O. The van der Waals surface area contributed by atoms with Crippen molar-refractivity contribution in [3.05, 3.63) is 47.5 Å². The number of methoxy groups -OCH3 is 1. The second kappa shape index (κ2) is 11.0. The highest BCUT2D eigenvalue weighted by molar-refractivity contribution is 14.0. The van der Waals surface area contributed by atoms with Crippen molar-refractivity contribution in [3.8, 4) is 0 Å². The van der Waals surface area contributed by atoms with Gasteiger partial charge in [-0.2, -0.15) is 0 Å². The lowest BCUT2D eigenvalue weighted by atomic mass is 10.2. The maximum atomic E-state index is 5.18. The molecule has 2 aromatic rings. The van der Waals surface area contributed by atoms with Crippen molar-refractivity contribution in [2.75, 3.05) is 13.7 Å². The number of halogens is 1. The van der Waals surface area contributed by atoms with E-state index in [-0.39, 0.29) is 30.0 Å². The molecule has 0 bridgehead atoms. The Morgan fingerprint density at radius 2 is 2.00 bits per heavy atom. The van der Waals surface area contributed by atoms with Gasteiger partial charge < -0.3 is 19.9 Å². The summed E-state index contributed by atoms with van der Waals surface area (Å²) in [7, 11) is 3.64. The van der Waals surface area contributed by atoms with Crippen LogP contribution in [-0.2, 0) is 24.9 Å². The monoisotopic (exact) mass is 458 g/mol. The number of nitrogens with one attached hydrogen (secondary N) is 2. The van der Waals surface area contributed by atoms with Crippen LogP contribution in [0.4, 0.5) is 0 Å². The topological polar surface area (TPSA) is 76.4 Å². The molecule has 138 valence electrons. The van der Waals surface area contributed by atoms with Crippen LogP contribution in [0, 0.1) is 6.92 Å². The Bertz CT molecular complexity index is 658. The summed E-state index contributed by atoms with van der Waals surface area (Å²) in [5, 5.41) is 14.9. The van der Waals surface area contributed by atoms with Crippen LogP contribution in [-0.4, -0.2) is 40.5 Å². The van der Waals surface area contributed by atoms with Gasteiger partial charge in [0.25, 0.3) is 0 Å². The number of rotatable bonds is 7. The predicted octanol–water partition coefficient (Wildman–Crippen LogP) is 2.01. The van der Waals surface area contributed by atoms with Crippen LogP contribution in [0.2, 0.25) is 0 Å². The lowest BCUT2D eigenvalue weighted by Gasteiger charge is -2.17. The molecule has 8 heteroatoms. The third-order valence-electron chi connectivity index (χ3n) is 3.66. The average Bonchev–Trinajstić information content (AvgIpc) is 2.90. The van der Waals surface area contributed by atoms with Gasteiger partial charge in [0.15, 0.2) is 11.8 Å². The zero-order valence-electron chi connectivity index (χ0n) is 15.2. The van der Waals surface area contributed by atoms with Crippen LogP contribution in [0.3, 0.4) is 0 Å². The Kier molecular flexibility index (Phi) is 9.43. The lowest BCUT2D eigenvalue weighted by molar-refractivity contribution is 0.179. The average molecular weight is 458 g/mol. The number of benzene rings is 1. The van der Waals surface area contributed by atoms with E-state index >= 15 is 0 Å². The fraction of sp³-hybridized carbons (Fsp3) is 0.471. The van der Waals surface area contributed by atoms with Crippen molar-refractivity contribution in [2.45, 2.75) is 33.0 Å². The standard InChI is InChI=1S/C17H26N6O.HI/c1-13(12-24-4)20-17(18-10-15-8-6-5-7-9-15)19-11-16-22-21-14(2)23(16)3;/h5-9,13H,10-12H2,1-4H3,(H2,18,19,20);1H. The Morgan fingerprint density at radius 3 is 2.60 bits per heavy atom. The van der Waals surface area contributed by atoms with Crippen LogP contribution < -0.4 is 10.6 Å².